The van der Waals surface area contributed by atoms with Gasteiger partial charge in [-0.15, -0.1) is 16.3 Å². The molecular formula is C18H23N5O3S. The highest BCUT2D eigenvalue weighted by Crippen LogP contribution is 2.28. The second kappa shape index (κ2) is 7.67. The molecule has 1 fully saturated rings. The van der Waals surface area contributed by atoms with Crippen molar-refractivity contribution >= 4 is 23.2 Å². The summed E-state index contributed by atoms with van der Waals surface area (Å²) >= 11 is 1.79. The lowest BCUT2D eigenvalue weighted by Gasteiger charge is -2.36. The third kappa shape index (κ3) is 3.69. The van der Waals surface area contributed by atoms with Gasteiger partial charge in [-0.3, -0.25) is 4.79 Å². The van der Waals surface area contributed by atoms with E-state index < -0.39 is 0 Å². The third-order valence-corrected chi connectivity index (χ3v) is 6.14. The minimum absolute atomic E-state index is 0.0484. The highest BCUT2D eigenvalue weighted by atomic mass is 32.1. The van der Waals surface area contributed by atoms with Crippen LogP contribution in [0.4, 0.5) is 5.95 Å². The van der Waals surface area contributed by atoms with Gasteiger partial charge in [0.2, 0.25) is 11.9 Å². The number of hydrogen-bond acceptors (Lipinski definition) is 8. The van der Waals surface area contributed by atoms with Crippen molar-refractivity contribution in [2.75, 3.05) is 38.8 Å². The average molecular weight is 389 g/mol. The molecule has 2 aromatic heterocycles. The van der Waals surface area contributed by atoms with E-state index in [0.29, 0.717) is 12.5 Å². The summed E-state index contributed by atoms with van der Waals surface area (Å²) in [6.07, 6.45) is 2.77. The number of piperidine rings is 1. The summed E-state index contributed by atoms with van der Waals surface area (Å²) in [4.78, 5) is 31.2. The number of aromatic nitrogens is 3. The number of hydrogen-bond donors (Lipinski definition) is 0. The molecule has 2 aliphatic heterocycles. The van der Waals surface area contributed by atoms with Crippen molar-refractivity contribution in [2.45, 2.75) is 25.8 Å². The number of carbonyl (C=O) groups is 1. The Morgan fingerprint density at radius 2 is 1.96 bits per heavy atom. The first-order chi connectivity index (χ1) is 13.2. The van der Waals surface area contributed by atoms with Gasteiger partial charge in [0, 0.05) is 31.1 Å². The molecule has 8 nitrogen and oxygen atoms in total. The van der Waals surface area contributed by atoms with Crippen LogP contribution < -0.4 is 14.4 Å². The Bertz CT molecular complexity index is 805. The van der Waals surface area contributed by atoms with Crippen LogP contribution in [0.1, 0.15) is 23.3 Å². The SMILES string of the molecule is COc1nc(OC)nc(N2CCCC(C(=O)N3CCc4sccc4C3)C2)n1. The standard InChI is InChI=1S/C18H23N5O3S/c1-25-17-19-16(20-18(21-17)26-2)23-7-3-4-13(11-23)15(24)22-8-5-14-12(10-22)6-9-27-14/h6,9,13H,3-5,7-8,10-11H2,1-2H3. The minimum atomic E-state index is -0.0484. The Morgan fingerprint density at radius 3 is 2.70 bits per heavy atom. The number of carbonyl (C=O) groups excluding carboxylic acids is 1. The maximum Gasteiger partial charge on any atom is 0.324 e. The maximum atomic E-state index is 13.1. The van der Waals surface area contributed by atoms with Crippen LogP contribution in [0, 0.1) is 5.92 Å². The second-order valence-electron chi connectivity index (χ2n) is 6.77. The maximum absolute atomic E-state index is 13.1. The lowest BCUT2D eigenvalue weighted by Crippen LogP contribution is -2.46. The topological polar surface area (TPSA) is 80.7 Å². The number of fused-ring (bicyclic) bond motifs is 1. The van der Waals surface area contributed by atoms with Crippen molar-refractivity contribution < 1.29 is 14.3 Å². The van der Waals surface area contributed by atoms with Gasteiger partial charge in [-0.1, -0.05) is 0 Å². The van der Waals surface area contributed by atoms with Crippen LogP contribution >= 0.6 is 11.3 Å². The summed E-state index contributed by atoms with van der Waals surface area (Å²) in [6.45, 7) is 2.93. The number of ether oxygens (including phenoxy) is 2. The van der Waals surface area contributed by atoms with E-state index in [9.17, 15) is 4.79 Å². The van der Waals surface area contributed by atoms with Crippen molar-refractivity contribution in [3.8, 4) is 12.0 Å². The molecule has 4 heterocycles. The zero-order chi connectivity index (χ0) is 18.8. The molecule has 4 rings (SSSR count). The predicted molar refractivity (Wildman–Crippen MR) is 101 cm³/mol. The first-order valence-electron chi connectivity index (χ1n) is 9.11. The summed E-state index contributed by atoms with van der Waals surface area (Å²) in [7, 11) is 3.02. The number of amides is 1. The fourth-order valence-corrected chi connectivity index (χ4v) is 4.60. The van der Waals surface area contributed by atoms with Gasteiger partial charge < -0.3 is 19.3 Å². The normalized spacial score (nSPS) is 19.6. The van der Waals surface area contributed by atoms with Gasteiger partial charge in [0.15, 0.2) is 0 Å². The molecule has 0 bridgehead atoms. The zero-order valence-corrected chi connectivity index (χ0v) is 16.4. The number of nitrogens with zero attached hydrogens (tertiary/aromatic N) is 5. The molecule has 1 amide bonds. The van der Waals surface area contributed by atoms with Gasteiger partial charge in [-0.2, -0.15) is 9.97 Å². The molecule has 1 saturated heterocycles. The van der Waals surface area contributed by atoms with Crippen LogP contribution in [0.25, 0.3) is 0 Å². The molecule has 144 valence electrons. The van der Waals surface area contributed by atoms with Crippen molar-refractivity contribution in [1.82, 2.24) is 19.9 Å². The van der Waals surface area contributed by atoms with Crippen LogP contribution in [-0.4, -0.2) is 59.6 Å². The Kier molecular flexibility index (Phi) is 5.11. The van der Waals surface area contributed by atoms with Crippen molar-refractivity contribution in [2.24, 2.45) is 5.92 Å². The number of anilines is 1. The highest BCUT2D eigenvalue weighted by molar-refractivity contribution is 7.10. The van der Waals surface area contributed by atoms with E-state index in [-0.39, 0.29) is 23.8 Å². The zero-order valence-electron chi connectivity index (χ0n) is 15.6. The second-order valence-corrected chi connectivity index (χ2v) is 7.77. The Balaban J connectivity index is 1.47. The van der Waals surface area contributed by atoms with Crippen LogP contribution in [-0.2, 0) is 17.8 Å². The summed E-state index contributed by atoms with van der Waals surface area (Å²) in [5, 5.41) is 2.11. The van der Waals surface area contributed by atoms with Crippen LogP contribution in [0.2, 0.25) is 0 Å². The van der Waals surface area contributed by atoms with Crippen molar-refractivity contribution in [1.29, 1.82) is 0 Å². The monoisotopic (exact) mass is 389 g/mol. The fraction of sp³-hybridized carbons (Fsp3) is 0.556. The molecule has 0 aliphatic carbocycles. The predicted octanol–water partition coefficient (Wildman–Crippen LogP) is 1.75. The third-order valence-electron chi connectivity index (χ3n) is 5.12. The van der Waals surface area contributed by atoms with Gasteiger partial charge in [-0.25, -0.2) is 0 Å². The van der Waals surface area contributed by atoms with E-state index in [2.05, 4.69) is 26.4 Å². The number of rotatable bonds is 4. The van der Waals surface area contributed by atoms with Gasteiger partial charge in [0.25, 0.3) is 0 Å². The molecule has 0 aromatic carbocycles. The van der Waals surface area contributed by atoms with Gasteiger partial charge >= 0.3 is 12.0 Å². The smallest absolute Gasteiger partial charge is 0.324 e. The van der Waals surface area contributed by atoms with E-state index in [4.69, 9.17) is 9.47 Å². The van der Waals surface area contributed by atoms with Gasteiger partial charge in [-0.05, 0) is 36.3 Å². The molecular weight excluding hydrogens is 366 g/mol. The molecule has 1 atom stereocenters. The van der Waals surface area contributed by atoms with Crippen LogP contribution in [0.15, 0.2) is 11.4 Å². The van der Waals surface area contributed by atoms with E-state index >= 15 is 0 Å². The number of thiophene rings is 1. The lowest BCUT2D eigenvalue weighted by atomic mass is 9.95. The summed E-state index contributed by atoms with van der Waals surface area (Å²) in [5.41, 5.74) is 1.29. The Labute approximate surface area is 162 Å². The summed E-state index contributed by atoms with van der Waals surface area (Å²) < 4.78 is 10.3. The number of methoxy groups -OCH3 is 2. The molecule has 0 spiro atoms. The van der Waals surface area contributed by atoms with E-state index in [0.717, 1.165) is 38.9 Å². The van der Waals surface area contributed by atoms with E-state index in [1.807, 2.05) is 9.80 Å². The molecule has 9 heteroatoms. The van der Waals surface area contributed by atoms with E-state index in [1.165, 1.54) is 24.7 Å². The highest BCUT2D eigenvalue weighted by Gasteiger charge is 2.32. The van der Waals surface area contributed by atoms with Crippen molar-refractivity contribution in [3.63, 3.8) is 0 Å². The van der Waals surface area contributed by atoms with Gasteiger partial charge in [0.1, 0.15) is 0 Å². The summed E-state index contributed by atoms with van der Waals surface area (Å²) in [6, 6.07) is 2.56. The van der Waals surface area contributed by atoms with E-state index in [1.54, 1.807) is 11.3 Å². The van der Waals surface area contributed by atoms with Crippen molar-refractivity contribution in [3.05, 3.63) is 21.9 Å². The van der Waals surface area contributed by atoms with Crippen LogP contribution in [0.5, 0.6) is 12.0 Å². The quantitative estimate of drug-likeness (QED) is 0.788. The molecule has 27 heavy (non-hydrogen) atoms. The lowest BCUT2D eigenvalue weighted by molar-refractivity contribution is -0.136. The van der Waals surface area contributed by atoms with Crippen LogP contribution in [0.3, 0.4) is 0 Å². The molecule has 2 aromatic rings. The van der Waals surface area contributed by atoms with Gasteiger partial charge in [0.05, 0.1) is 20.1 Å². The first-order valence-corrected chi connectivity index (χ1v) is 9.99. The molecule has 2 aliphatic rings. The molecule has 0 radical (unpaired) electrons. The molecule has 1 unspecified atom stereocenters. The molecule has 0 saturated carbocycles. The fourth-order valence-electron chi connectivity index (χ4n) is 3.71. The minimum Gasteiger partial charge on any atom is -0.467 e. The average Bonchev–Trinajstić information content (AvgIpc) is 3.20. The largest absolute Gasteiger partial charge is 0.467 e. The molecule has 0 N–H and O–H groups in total. The first kappa shape index (κ1) is 18.0. The Morgan fingerprint density at radius 1 is 1.19 bits per heavy atom. The Hall–Kier alpha value is -2.42. The summed E-state index contributed by atoms with van der Waals surface area (Å²) in [5.74, 6) is 0.673.